The molecule has 11 nitrogen and oxygen atoms in total. The van der Waals surface area contributed by atoms with Gasteiger partial charge >= 0.3 is 0 Å². The number of amides is 2. The lowest BCUT2D eigenvalue weighted by atomic mass is 10.1. The molecule has 12 heteroatoms. The minimum atomic E-state index is -0.343. The predicted molar refractivity (Wildman–Crippen MR) is 142 cm³/mol. The van der Waals surface area contributed by atoms with Gasteiger partial charge in [-0.25, -0.2) is 4.98 Å². The highest BCUT2D eigenvalue weighted by Gasteiger charge is 2.37. The number of likely N-dealkylation sites (N-methyl/N-ethyl adjacent to an activating group) is 1. The van der Waals surface area contributed by atoms with Gasteiger partial charge in [0.2, 0.25) is 5.95 Å². The molecule has 3 aromatic heterocycles. The molecule has 4 N–H and O–H groups in total. The second kappa shape index (κ2) is 10.6. The van der Waals surface area contributed by atoms with Crippen molar-refractivity contribution in [3.63, 3.8) is 0 Å². The summed E-state index contributed by atoms with van der Waals surface area (Å²) in [6.07, 6.45) is 4.91. The van der Waals surface area contributed by atoms with Gasteiger partial charge in [-0.15, -0.1) is 0 Å². The molecule has 37 heavy (non-hydrogen) atoms. The Kier molecular flexibility index (Phi) is 7.46. The maximum absolute atomic E-state index is 13.6. The van der Waals surface area contributed by atoms with Gasteiger partial charge in [-0.2, -0.15) is 4.98 Å². The largest absolute Gasteiger partial charge is 0.496 e. The molecule has 1 aliphatic rings. The molecule has 4 heterocycles. The molecule has 0 spiro atoms. The van der Waals surface area contributed by atoms with Crippen molar-refractivity contribution in [2.45, 2.75) is 20.4 Å². The summed E-state index contributed by atoms with van der Waals surface area (Å²) in [5.74, 6) is 0.388. The summed E-state index contributed by atoms with van der Waals surface area (Å²) in [6, 6.07) is 1.66. The van der Waals surface area contributed by atoms with Crippen LogP contribution in [0.2, 0.25) is 5.15 Å². The van der Waals surface area contributed by atoms with Crippen molar-refractivity contribution in [1.82, 2.24) is 30.2 Å². The molecule has 0 fully saturated rings. The second-order valence-electron chi connectivity index (χ2n) is 8.97. The lowest BCUT2D eigenvalue weighted by Crippen LogP contribution is -2.31. The fourth-order valence-corrected chi connectivity index (χ4v) is 4.42. The standard InChI is InChI=1S/C25H29ClN8O3/c1-13-10-30-18(14(2)20(13)37-5)12-34-22-19(21(26)31-25(27)32-22)17(24(34)36)9-16-8-15(11-29-16)23(35)28-6-7-33(3)4/h8-11,29H,6-7,12H2,1-5H3,(H,28,35)(H2,27,31,32). The number of rotatable bonds is 8. The van der Waals surface area contributed by atoms with E-state index in [1.54, 1.807) is 31.6 Å². The molecule has 194 valence electrons. The average molecular weight is 525 g/mol. The van der Waals surface area contributed by atoms with Crippen LogP contribution in [0.25, 0.3) is 11.6 Å². The maximum Gasteiger partial charge on any atom is 0.260 e. The Balaban J connectivity index is 1.68. The number of halogens is 1. The van der Waals surface area contributed by atoms with E-state index in [0.717, 1.165) is 17.7 Å². The molecule has 1 aliphatic heterocycles. The molecule has 2 amide bonds. The molecule has 0 aromatic carbocycles. The third-order valence-corrected chi connectivity index (χ3v) is 6.31. The van der Waals surface area contributed by atoms with Crippen LogP contribution in [0.4, 0.5) is 11.8 Å². The van der Waals surface area contributed by atoms with E-state index in [4.69, 9.17) is 22.1 Å². The zero-order valence-corrected chi connectivity index (χ0v) is 22.1. The maximum atomic E-state index is 13.6. The van der Waals surface area contributed by atoms with Crippen LogP contribution in [0, 0.1) is 13.8 Å². The number of nitrogen functional groups attached to an aromatic ring is 1. The number of aromatic nitrogens is 4. The number of H-pyrrole nitrogens is 1. The number of pyridine rings is 1. The normalized spacial score (nSPS) is 14.0. The van der Waals surface area contributed by atoms with Crippen LogP contribution in [-0.4, -0.2) is 70.9 Å². The molecule has 0 unspecified atom stereocenters. The zero-order valence-electron chi connectivity index (χ0n) is 21.3. The number of fused-ring (bicyclic) bond motifs is 1. The van der Waals surface area contributed by atoms with Gasteiger partial charge in [0.1, 0.15) is 10.9 Å². The molecule has 0 atom stereocenters. The smallest absolute Gasteiger partial charge is 0.260 e. The summed E-state index contributed by atoms with van der Waals surface area (Å²) in [6.45, 7) is 5.15. The molecule has 0 saturated carbocycles. The first-order valence-electron chi connectivity index (χ1n) is 11.6. The van der Waals surface area contributed by atoms with Crippen molar-refractivity contribution >= 4 is 46.8 Å². The SMILES string of the molecule is COc1c(C)cnc(CN2C(=O)C(=Cc3cc(C(=O)NCCN(C)C)c[nH]3)c3c(Cl)nc(N)nc32)c1C. The van der Waals surface area contributed by atoms with Crippen molar-refractivity contribution in [2.75, 3.05) is 44.9 Å². The highest BCUT2D eigenvalue weighted by molar-refractivity contribution is 6.41. The molecule has 0 aliphatic carbocycles. The average Bonchev–Trinajstić information content (AvgIpc) is 3.40. The van der Waals surface area contributed by atoms with E-state index in [9.17, 15) is 9.59 Å². The number of ether oxygens (including phenoxy) is 1. The molecule has 4 rings (SSSR count). The van der Waals surface area contributed by atoms with Crippen LogP contribution in [0.3, 0.4) is 0 Å². The van der Waals surface area contributed by atoms with Gasteiger partial charge in [0.25, 0.3) is 11.8 Å². The van der Waals surface area contributed by atoms with Crippen molar-refractivity contribution < 1.29 is 14.3 Å². The Bertz CT molecular complexity index is 1400. The molecular weight excluding hydrogens is 496 g/mol. The van der Waals surface area contributed by atoms with Gasteiger partial charge < -0.3 is 25.7 Å². The van der Waals surface area contributed by atoms with E-state index in [1.807, 2.05) is 32.8 Å². The van der Waals surface area contributed by atoms with Crippen molar-refractivity contribution in [3.8, 4) is 5.75 Å². The first kappa shape index (κ1) is 26.1. The Morgan fingerprint density at radius 2 is 2.08 bits per heavy atom. The van der Waals surface area contributed by atoms with Crippen LogP contribution in [0.5, 0.6) is 5.75 Å². The van der Waals surface area contributed by atoms with E-state index in [0.29, 0.717) is 40.6 Å². The van der Waals surface area contributed by atoms with Gasteiger partial charge in [-0.05, 0) is 40.1 Å². The van der Waals surface area contributed by atoms with Crippen LogP contribution in [0.1, 0.15) is 38.4 Å². The fraction of sp³-hybridized carbons (Fsp3) is 0.320. The number of nitrogens with two attached hydrogens (primary N) is 1. The van der Waals surface area contributed by atoms with Gasteiger partial charge in [0.05, 0.1) is 36.0 Å². The van der Waals surface area contributed by atoms with Crippen molar-refractivity contribution in [3.05, 3.63) is 57.3 Å². The zero-order chi connectivity index (χ0) is 26.9. The number of anilines is 2. The Hall–Kier alpha value is -3.96. The number of carbonyl (C=O) groups excluding carboxylic acids is 2. The minimum absolute atomic E-state index is 0.0504. The van der Waals surface area contributed by atoms with Gasteiger partial charge in [0.15, 0.2) is 5.82 Å². The third kappa shape index (κ3) is 5.27. The number of nitrogens with zero attached hydrogens (tertiary/aromatic N) is 5. The monoisotopic (exact) mass is 524 g/mol. The lowest BCUT2D eigenvalue weighted by molar-refractivity contribution is -0.113. The molecule has 0 radical (unpaired) electrons. The van der Waals surface area contributed by atoms with E-state index in [-0.39, 0.29) is 35.0 Å². The summed E-state index contributed by atoms with van der Waals surface area (Å²) in [7, 11) is 5.46. The van der Waals surface area contributed by atoms with Crippen LogP contribution < -0.4 is 20.7 Å². The summed E-state index contributed by atoms with van der Waals surface area (Å²) in [5, 5.41) is 2.92. The van der Waals surface area contributed by atoms with Gasteiger partial charge in [-0.3, -0.25) is 19.5 Å². The molecular formula is C25H29ClN8O3. The number of aryl methyl sites for hydroxylation is 1. The topological polar surface area (TPSA) is 142 Å². The lowest BCUT2D eigenvalue weighted by Gasteiger charge is -2.19. The van der Waals surface area contributed by atoms with E-state index >= 15 is 0 Å². The number of carbonyl (C=O) groups is 2. The first-order valence-corrected chi connectivity index (χ1v) is 12.0. The Morgan fingerprint density at radius 3 is 2.78 bits per heavy atom. The van der Waals surface area contributed by atoms with Crippen molar-refractivity contribution in [2.24, 2.45) is 0 Å². The van der Waals surface area contributed by atoms with Crippen LogP contribution in [-0.2, 0) is 11.3 Å². The van der Waals surface area contributed by atoms with Crippen LogP contribution in [0.15, 0.2) is 18.5 Å². The molecule has 3 aromatic rings. The summed E-state index contributed by atoms with van der Waals surface area (Å²) < 4.78 is 5.51. The minimum Gasteiger partial charge on any atom is -0.496 e. The highest BCUT2D eigenvalue weighted by atomic mass is 35.5. The Labute approximate surface area is 219 Å². The highest BCUT2D eigenvalue weighted by Crippen LogP contribution is 2.41. The van der Waals surface area contributed by atoms with Crippen molar-refractivity contribution in [1.29, 1.82) is 0 Å². The second-order valence-corrected chi connectivity index (χ2v) is 9.33. The molecule has 0 bridgehead atoms. The Morgan fingerprint density at radius 1 is 1.32 bits per heavy atom. The van der Waals surface area contributed by atoms with E-state index < -0.39 is 0 Å². The summed E-state index contributed by atoms with van der Waals surface area (Å²) in [5.41, 5.74) is 9.85. The molecule has 0 saturated heterocycles. The van der Waals surface area contributed by atoms with Crippen LogP contribution >= 0.6 is 11.6 Å². The summed E-state index contributed by atoms with van der Waals surface area (Å²) >= 11 is 6.44. The van der Waals surface area contributed by atoms with Gasteiger partial charge in [0, 0.05) is 42.3 Å². The third-order valence-electron chi connectivity index (χ3n) is 6.03. The van der Waals surface area contributed by atoms with E-state index in [1.165, 1.54) is 4.90 Å². The number of hydrogen-bond donors (Lipinski definition) is 3. The first-order chi connectivity index (χ1) is 17.6. The fourth-order valence-electron chi connectivity index (χ4n) is 4.15. The number of hydrogen-bond acceptors (Lipinski definition) is 8. The predicted octanol–water partition coefficient (Wildman–Crippen LogP) is 2.44. The van der Waals surface area contributed by atoms with E-state index in [2.05, 4.69) is 25.3 Å². The van der Waals surface area contributed by atoms with Gasteiger partial charge in [-0.1, -0.05) is 11.6 Å². The quantitative estimate of drug-likeness (QED) is 0.301. The number of methoxy groups -OCH3 is 1. The number of nitrogens with one attached hydrogen (secondary N) is 2. The summed E-state index contributed by atoms with van der Waals surface area (Å²) in [4.78, 5) is 45.5. The number of aromatic amines is 1.